The summed E-state index contributed by atoms with van der Waals surface area (Å²) in [5.41, 5.74) is 14.1. The van der Waals surface area contributed by atoms with Gasteiger partial charge < -0.3 is 74.6 Å². The molecule has 9 aromatic heterocycles. The maximum atomic E-state index is 5.67. The van der Waals surface area contributed by atoms with Gasteiger partial charge in [-0.1, -0.05) is 109 Å². The minimum Gasteiger partial charge on any atom is -0.466 e. The van der Waals surface area contributed by atoms with Gasteiger partial charge in [-0.2, -0.15) is 0 Å². The summed E-state index contributed by atoms with van der Waals surface area (Å²) >= 11 is 5.35. The van der Waals surface area contributed by atoms with Crippen LogP contribution in [-0.4, -0.2) is 89.6 Å². The van der Waals surface area contributed by atoms with Crippen LogP contribution in [0.1, 0.15) is 440 Å². The van der Waals surface area contributed by atoms with Crippen LogP contribution in [0.25, 0.3) is 0 Å². The number of thiazole rings is 3. The van der Waals surface area contributed by atoms with E-state index < -0.39 is 0 Å². The molecule has 132 heavy (non-hydrogen) atoms. The molecule has 0 aliphatic rings. The molecule has 0 radical (unpaired) electrons. The molecule has 0 bridgehead atoms. The van der Waals surface area contributed by atoms with Crippen molar-refractivity contribution in [2.45, 2.75) is 522 Å². The highest BCUT2D eigenvalue weighted by Crippen LogP contribution is 2.37. The molecule has 22 nitrogen and oxygen atoms in total. The minimum absolute atomic E-state index is 0. The van der Waals surface area contributed by atoms with Gasteiger partial charge in [-0.05, 0) is 323 Å². The Bertz CT molecular complexity index is 4330. The standard InChI is InChI=1S/2C13H23NO.4C11H20N2O.3C11H20N2S.4CH4/c2*1-8(2)14-13(6,7)12-9(3)10(4)15-11(12)5;1-7(2)13-11(5,6)10-8(3)12-9(4)14-10;1-7(2)13-11(5,6)10-12-8(3)9(4)14-10;1-7(2)12-11(5,6)10-8(3)9(4)14-13-10;1-7(2)12-11(5,6)10-8(3)9(4)13-14-10;1-7(2)13-11(5,6)10-8(3)14-9(4)12-10;1-7(2)13-11(5,6)10-8(3)12-9(4)14-10;1-7(2)13-11(5,6)10-12-8(3)9(4)14-10;;;;/h2*8,14H,1-7H3;2*7,13H,1-6H3;2*7,12H,1-6H3;3*7,13H,1-6H3;4*1H4. The summed E-state index contributed by atoms with van der Waals surface area (Å²) in [4.78, 5) is 26.3. The summed E-state index contributed by atoms with van der Waals surface area (Å²) in [6, 6.07) is 4.08. The van der Waals surface area contributed by atoms with Crippen LogP contribution in [-0.2, 0) is 49.9 Å². The third-order valence-corrected chi connectivity index (χ3v) is 24.9. The van der Waals surface area contributed by atoms with Crippen molar-refractivity contribution in [1.82, 2.24) is 83.1 Å². The average molecular weight is 1910 g/mol. The zero-order chi connectivity index (χ0) is 100. The second-order valence-corrected chi connectivity index (χ2v) is 46.2. The highest BCUT2D eigenvalue weighted by atomic mass is 32.1. The topological polar surface area (TPSA) is 277 Å². The predicted octanol–water partition coefficient (Wildman–Crippen LogP) is 28.5. The summed E-state index contributed by atoms with van der Waals surface area (Å²) in [7, 11) is 0. The number of nitrogens with one attached hydrogen (secondary N) is 9. The van der Waals surface area contributed by atoms with E-state index in [0.29, 0.717) is 54.4 Å². The van der Waals surface area contributed by atoms with Crippen LogP contribution in [0.5, 0.6) is 0 Å². The van der Waals surface area contributed by atoms with E-state index >= 15 is 0 Å². The Morgan fingerprint density at radius 2 is 0.598 bits per heavy atom. The van der Waals surface area contributed by atoms with E-state index in [9.17, 15) is 0 Å². The SMILES string of the molecule is C.C.C.C.Cc1nc(C(C)(C)NC(C)C)c(C)s1.Cc1nc(C(C)(C)NC(C)C)oc1C.Cc1nc(C(C)(C)NC(C)C)sc1C.Cc1nc(C)c(C(C)(C)NC(C)C)o1.Cc1nc(C)c(C(C)(C)NC(C)C)s1.Cc1noc(C(C)(C)NC(C)C)c1C.Cc1oc(C)c(C(C)(C)NC(C)C)c1C.Cc1oc(C)c(C(C)(C)NC(C)C)c1C.Cc1onc(C(C)(C)NC(C)C)c1C. The lowest BCUT2D eigenvalue weighted by molar-refractivity contribution is 0.261. The Morgan fingerprint density at radius 1 is 0.242 bits per heavy atom. The molecule has 0 unspecified atom stereocenters. The molecule has 9 rings (SSSR count). The molecular formula is C107H202N16O6S3. The van der Waals surface area contributed by atoms with E-state index in [1.165, 1.54) is 47.6 Å². The van der Waals surface area contributed by atoms with E-state index in [2.05, 4.69) is 388 Å². The number of nitrogens with zero attached hydrogens (tertiary/aromatic N) is 7. The Kier molecular flexibility index (Phi) is 55.0. The molecule has 9 aromatic rings. The number of aromatic nitrogens is 7. The van der Waals surface area contributed by atoms with Gasteiger partial charge in [-0.25, -0.2) is 24.9 Å². The molecule has 0 aliphatic carbocycles. The summed E-state index contributed by atoms with van der Waals surface area (Å²) in [6.07, 6.45) is 0. The fourth-order valence-electron chi connectivity index (χ4n) is 17.3. The first-order valence-electron chi connectivity index (χ1n) is 46.6. The lowest BCUT2D eigenvalue weighted by Gasteiger charge is -2.29. The van der Waals surface area contributed by atoms with Crippen molar-refractivity contribution in [3.8, 4) is 0 Å². The van der Waals surface area contributed by atoms with Crippen molar-refractivity contribution in [3.63, 3.8) is 0 Å². The fraction of sp³-hybridized carbons (Fsp3) is 0.729. The zero-order valence-corrected chi connectivity index (χ0v) is 94.0. The van der Waals surface area contributed by atoms with Crippen molar-refractivity contribution in [1.29, 1.82) is 0 Å². The fourth-order valence-corrected chi connectivity index (χ4v) is 20.3. The van der Waals surface area contributed by atoms with Gasteiger partial charge in [0.2, 0.25) is 5.89 Å². The monoisotopic (exact) mass is 1900 g/mol. The Labute approximate surface area is 820 Å². The average Bonchev–Trinajstić information content (AvgIpc) is 1.64. The van der Waals surface area contributed by atoms with Crippen LogP contribution in [0.3, 0.4) is 0 Å². The van der Waals surface area contributed by atoms with E-state index in [1.807, 2.05) is 83.1 Å². The van der Waals surface area contributed by atoms with Gasteiger partial charge in [-0.15, -0.1) is 34.0 Å². The van der Waals surface area contributed by atoms with E-state index in [-0.39, 0.29) is 79.6 Å². The molecule has 0 fully saturated rings. The molecule has 9 heterocycles. The van der Waals surface area contributed by atoms with Crippen LogP contribution in [0.2, 0.25) is 0 Å². The number of hydrogen-bond acceptors (Lipinski definition) is 25. The molecule has 0 amide bonds. The van der Waals surface area contributed by atoms with E-state index in [1.54, 1.807) is 34.0 Å². The maximum Gasteiger partial charge on any atom is 0.214 e. The Hall–Kier alpha value is -6.07. The molecule has 0 saturated carbocycles. The summed E-state index contributed by atoms with van der Waals surface area (Å²) < 4.78 is 33.1. The van der Waals surface area contributed by atoms with Gasteiger partial charge in [0.25, 0.3) is 0 Å². The molecule has 9 N–H and O–H groups in total. The van der Waals surface area contributed by atoms with Gasteiger partial charge in [0.05, 0.1) is 77.4 Å². The van der Waals surface area contributed by atoms with Crippen molar-refractivity contribution in [3.05, 3.63) is 161 Å². The molecule has 0 atom stereocenters. The van der Waals surface area contributed by atoms with Gasteiger partial charge in [0.1, 0.15) is 51.0 Å². The van der Waals surface area contributed by atoms with Crippen LogP contribution in [0, 0.1) is 138 Å². The summed E-state index contributed by atoms with van der Waals surface area (Å²) in [5, 5.41) is 43.1. The van der Waals surface area contributed by atoms with Gasteiger partial charge >= 0.3 is 0 Å². The molecule has 25 heteroatoms. The van der Waals surface area contributed by atoms with Crippen molar-refractivity contribution >= 4 is 34.0 Å². The zero-order valence-electron chi connectivity index (χ0n) is 91.5. The first-order chi connectivity index (χ1) is 57.8. The molecule has 0 aliphatic heterocycles. The maximum absolute atomic E-state index is 5.67. The second kappa shape index (κ2) is 54.9. The smallest absolute Gasteiger partial charge is 0.214 e. The first-order valence-corrected chi connectivity index (χ1v) is 49.0. The minimum atomic E-state index is -0.201. The van der Waals surface area contributed by atoms with E-state index in [4.69, 9.17) is 26.7 Å². The first kappa shape index (κ1) is 132. The van der Waals surface area contributed by atoms with Crippen LogP contribution < -0.4 is 47.9 Å². The third kappa shape index (κ3) is 42.1. The third-order valence-electron chi connectivity index (χ3n) is 21.3. The van der Waals surface area contributed by atoms with E-state index in [0.717, 1.165) is 113 Å². The predicted molar refractivity (Wildman–Crippen MR) is 573 cm³/mol. The molecule has 0 aromatic carbocycles. The van der Waals surface area contributed by atoms with Crippen LogP contribution in [0.4, 0.5) is 0 Å². The van der Waals surface area contributed by atoms with Gasteiger partial charge in [-0.3, -0.25) is 0 Å². The number of rotatable bonds is 27. The highest BCUT2D eigenvalue weighted by Gasteiger charge is 2.35. The lowest BCUT2D eigenvalue weighted by atomic mass is 9.90. The largest absolute Gasteiger partial charge is 0.466 e. The normalized spacial score (nSPS) is 12.1. The molecule has 0 spiro atoms. The number of aryl methyl sites for hydroxylation is 16. The highest BCUT2D eigenvalue weighted by molar-refractivity contribution is 7.12. The van der Waals surface area contributed by atoms with Crippen LogP contribution >= 0.6 is 34.0 Å². The number of furan rings is 2. The Balaban J connectivity index is -0.000000696. The molecule has 0 saturated heterocycles. The summed E-state index contributed by atoms with van der Waals surface area (Å²) in [5.74, 6) is 9.29. The van der Waals surface area contributed by atoms with Gasteiger partial charge in [0, 0.05) is 115 Å². The van der Waals surface area contributed by atoms with Crippen molar-refractivity contribution in [2.75, 3.05) is 0 Å². The second-order valence-electron chi connectivity index (χ2n) is 42.4. The van der Waals surface area contributed by atoms with Crippen molar-refractivity contribution in [2.24, 2.45) is 0 Å². The van der Waals surface area contributed by atoms with Gasteiger partial charge in [0.15, 0.2) is 11.7 Å². The summed E-state index contributed by atoms with van der Waals surface area (Å²) in [6.45, 7) is 118. The van der Waals surface area contributed by atoms with Crippen LogP contribution in [0.15, 0.2) is 26.7 Å². The number of oxazole rings is 2. The molecular weight excluding hydrogens is 1700 g/mol. The Morgan fingerprint density at radius 3 is 0.886 bits per heavy atom. The van der Waals surface area contributed by atoms with Crippen molar-refractivity contribution < 1.29 is 26.7 Å². The molecule has 764 valence electrons. The number of hydrogen-bond donors (Lipinski definition) is 9. The lowest BCUT2D eigenvalue weighted by Crippen LogP contribution is -2.41. The quantitative estimate of drug-likeness (QED) is 0.0231.